The maximum Gasteiger partial charge on any atom is 0.417 e. The number of H-pyrrole nitrogens is 1. The maximum atomic E-state index is 12.0. The largest absolute Gasteiger partial charge is 0.417 e. The fourth-order valence-electron chi connectivity index (χ4n) is 2.14. The first-order valence-corrected chi connectivity index (χ1v) is 8.38. The van der Waals surface area contributed by atoms with E-state index in [2.05, 4.69) is 15.3 Å². The Morgan fingerprint density at radius 3 is 3.00 bits per heavy atom. The van der Waals surface area contributed by atoms with Crippen LogP contribution in [-0.2, 0) is 0 Å². The first kappa shape index (κ1) is 13.9. The number of anilines is 1. The van der Waals surface area contributed by atoms with Crippen LogP contribution >= 0.6 is 22.7 Å². The Hall–Kier alpha value is -2.71. The second-order valence-electron chi connectivity index (χ2n) is 4.69. The predicted octanol–water partition coefficient (Wildman–Crippen LogP) is 3.56. The van der Waals surface area contributed by atoms with Crippen LogP contribution in [-0.4, -0.2) is 15.9 Å². The highest BCUT2D eigenvalue weighted by molar-refractivity contribution is 7.14. The number of hydrogen-bond acceptors (Lipinski definition) is 6. The van der Waals surface area contributed by atoms with E-state index in [4.69, 9.17) is 4.42 Å². The zero-order valence-electron chi connectivity index (χ0n) is 11.5. The van der Waals surface area contributed by atoms with Gasteiger partial charge in [0.25, 0.3) is 5.91 Å². The lowest BCUT2D eigenvalue weighted by Gasteiger charge is -1.98. The average molecular weight is 343 g/mol. The van der Waals surface area contributed by atoms with Gasteiger partial charge >= 0.3 is 5.76 Å². The number of hydrogen-bond donors (Lipinski definition) is 2. The molecule has 1 aromatic carbocycles. The van der Waals surface area contributed by atoms with Gasteiger partial charge in [-0.25, -0.2) is 9.78 Å². The van der Waals surface area contributed by atoms with Gasteiger partial charge in [-0.05, 0) is 29.6 Å². The summed E-state index contributed by atoms with van der Waals surface area (Å²) in [6, 6.07) is 8.91. The number of aromatic amines is 1. The monoisotopic (exact) mass is 343 g/mol. The summed E-state index contributed by atoms with van der Waals surface area (Å²) < 4.78 is 4.97. The molecule has 2 N–H and O–H groups in total. The van der Waals surface area contributed by atoms with Crippen molar-refractivity contribution in [3.63, 3.8) is 0 Å². The molecule has 0 fully saturated rings. The van der Waals surface area contributed by atoms with Gasteiger partial charge in [-0.2, -0.15) is 0 Å². The van der Waals surface area contributed by atoms with Crippen molar-refractivity contribution in [2.45, 2.75) is 0 Å². The van der Waals surface area contributed by atoms with E-state index in [1.807, 2.05) is 22.9 Å². The SMILES string of the molecule is O=C(Nc1nc(-c2ccc3oc(=O)[nH]c3c2)cs1)c1cccs1. The van der Waals surface area contributed by atoms with Crippen LogP contribution in [0.4, 0.5) is 5.13 Å². The Morgan fingerprint density at radius 2 is 2.17 bits per heavy atom. The molecular formula is C15H9N3O3S2. The van der Waals surface area contributed by atoms with Crippen LogP contribution in [0, 0.1) is 0 Å². The van der Waals surface area contributed by atoms with E-state index >= 15 is 0 Å². The van der Waals surface area contributed by atoms with Gasteiger partial charge in [-0.1, -0.05) is 6.07 Å². The normalized spacial score (nSPS) is 11.0. The number of oxazole rings is 1. The second-order valence-corrected chi connectivity index (χ2v) is 6.50. The first-order valence-electron chi connectivity index (χ1n) is 6.63. The van der Waals surface area contributed by atoms with E-state index < -0.39 is 5.76 Å². The summed E-state index contributed by atoms with van der Waals surface area (Å²) in [5, 5.41) is 7.01. The van der Waals surface area contributed by atoms with Crippen molar-refractivity contribution < 1.29 is 9.21 Å². The van der Waals surface area contributed by atoms with Crippen molar-refractivity contribution >= 4 is 44.8 Å². The fraction of sp³-hybridized carbons (Fsp3) is 0. The number of benzene rings is 1. The summed E-state index contributed by atoms with van der Waals surface area (Å²) in [4.78, 5) is 30.9. The highest BCUT2D eigenvalue weighted by Crippen LogP contribution is 2.27. The number of amides is 1. The van der Waals surface area contributed by atoms with Crippen LogP contribution in [0.5, 0.6) is 0 Å². The fourth-order valence-corrected chi connectivity index (χ4v) is 3.48. The number of aromatic nitrogens is 2. The van der Waals surface area contributed by atoms with E-state index in [-0.39, 0.29) is 5.91 Å². The third-order valence-electron chi connectivity index (χ3n) is 3.18. The topological polar surface area (TPSA) is 88.0 Å². The maximum absolute atomic E-state index is 12.0. The molecule has 3 heterocycles. The number of nitrogens with one attached hydrogen (secondary N) is 2. The molecule has 0 atom stereocenters. The quantitative estimate of drug-likeness (QED) is 0.595. The molecule has 114 valence electrons. The Kier molecular flexibility index (Phi) is 3.32. The van der Waals surface area contributed by atoms with Crippen LogP contribution in [0.1, 0.15) is 9.67 Å². The van der Waals surface area contributed by atoms with Gasteiger partial charge < -0.3 is 4.42 Å². The Labute approximate surface area is 137 Å². The second kappa shape index (κ2) is 5.49. The van der Waals surface area contributed by atoms with Crippen LogP contribution in [0.25, 0.3) is 22.4 Å². The van der Waals surface area contributed by atoms with Gasteiger partial charge in [0.1, 0.15) is 0 Å². The zero-order valence-corrected chi connectivity index (χ0v) is 13.2. The summed E-state index contributed by atoms with van der Waals surface area (Å²) in [5.74, 6) is -0.658. The third-order valence-corrected chi connectivity index (χ3v) is 4.81. The molecule has 0 unspecified atom stereocenters. The molecule has 0 bridgehead atoms. The molecule has 0 aliphatic heterocycles. The Bertz CT molecular complexity index is 1040. The average Bonchev–Trinajstić information content (AvgIpc) is 3.26. The minimum Gasteiger partial charge on any atom is -0.408 e. The minimum absolute atomic E-state index is 0.171. The highest BCUT2D eigenvalue weighted by atomic mass is 32.1. The van der Waals surface area contributed by atoms with Gasteiger partial charge in [-0.3, -0.25) is 15.1 Å². The molecule has 0 aliphatic carbocycles. The summed E-state index contributed by atoms with van der Waals surface area (Å²) in [7, 11) is 0. The molecule has 8 heteroatoms. The molecule has 0 spiro atoms. The van der Waals surface area contributed by atoms with Gasteiger partial charge in [0.15, 0.2) is 10.7 Å². The summed E-state index contributed by atoms with van der Waals surface area (Å²) in [6.07, 6.45) is 0. The van der Waals surface area contributed by atoms with Gasteiger partial charge in [0.2, 0.25) is 0 Å². The van der Waals surface area contributed by atoms with Crippen molar-refractivity contribution in [2.75, 3.05) is 5.32 Å². The van der Waals surface area contributed by atoms with Gasteiger partial charge in [-0.15, -0.1) is 22.7 Å². The lowest BCUT2D eigenvalue weighted by Crippen LogP contribution is -2.09. The van der Waals surface area contributed by atoms with Crippen LogP contribution < -0.4 is 11.1 Å². The molecule has 0 aliphatic rings. The third kappa shape index (κ3) is 2.69. The van der Waals surface area contributed by atoms with Gasteiger partial charge in [0, 0.05) is 10.9 Å². The smallest absolute Gasteiger partial charge is 0.408 e. The summed E-state index contributed by atoms with van der Waals surface area (Å²) in [5.41, 5.74) is 2.67. The minimum atomic E-state index is -0.487. The first-order chi connectivity index (χ1) is 11.2. The molecule has 1 amide bonds. The molecule has 0 saturated heterocycles. The zero-order chi connectivity index (χ0) is 15.8. The molecule has 0 radical (unpaired) electrons. The van der Waals surface area contributed by atoms with Crippen LogP contribution in [0.15, 0.2) is 50.3 Å². The molecule has 23 heavy (non-hydrogen) atoms. The van der Waals surface area contributed by atoms with E-state index in [1.165, 1.54) is 22.7 Å². The lowest BCUT2D eigenvalue weighted by atomic mass is 10.1. The van der Waals surface area contributed by atoms with Crippen molar-refractivity contribution in [1.82, 2.24) is 9.97 Å². The summed E-state index contributed by atoms with van der Waals surface area (Å²) >= 11 is 2.72. The van der Waals surface area contributed by atoms with Crippen molar-refractivity contribution in [2.24, 2.45) is 0 Å². The van der Waals surface area contributed by atoms with Crippen molar-refractivity contribution in [3.8, 4) is 11.3 Å². The molecule has 0 saturated carbocycles. The van der Waals surface area contributed by atoms with Crippen LogP contribution in [0.2, 0.25) is 0 Å². The number of carbonyl (C=O) groups is 1. The van der Waals surface area contributed by atoms with E-state index in [0.717, 1.165) is 11.3 Å². The van der Waals surface area contributed by atoms with Gasteiger partial charge in [0.05, 0.1) is 16.1 Å². The number of thiazole rings is 1. The Morgan fingerprint density at radius 1 is 1.26 bits per heavy atom. The number of thiophene rings is 1. The van der Waals surface area contributed by atoms with Crippen LogP contribution in [0.3, 0.4) is 0 Å². The molecule has 4 rings (SSSR count). The number of rotatable bonds is 3. The lowest BCUT2D eigenvalue weighted by molar-refractivity contribution is 0.103. The number of carbonyl (C=O) groups excluding carboxylic acids is 1. The number of fused-ring (bicyclic) bond motifs is 1. The molecule has 6 nitrogen and oxygen atoms in total. The standard InChI is InChI=1S/C15H9N3O3S2/c19-13(12-2-1-5-22-12)18-14-16-10(7-23-14)8-3-4-11-9(6-8)17-15(20)21-11/h1-7H,(H,17,20)(H,16,18,19). The van der Waals surface area contributed by atoms with E-state index in [0.29, 0.717) is 21.1 Å². The molecule has 4 aromatic rings. The highest BCUT2D eigenvalue weighted by Gasteiger charge is 2.11. The predicted molar refractivity (Wildman–Crippen MR) is 90.2 cm³/mol. The number of nitrogens with zero attached hydrogens (tertiary/aromatic N) is 1. The van der Waals surface area contributed by atoms with E-state index in [1.54, 1.807) is 18.2 Å². The van der Waals surface area contributed by atoms with Crippen molar-refractivity contribution in [1.29, 1.82) is 0 Å². The molecular weight excluding hydrogens is 334 g/mol. The van der Waals surface area contributed by atoms with Crippen molar-refractivity contribution in [3.05, 3.63) is 56.5 Å². The summed E-state index contributed by atoms with van der Waals surface area (Å²) in [6.45, 7) is 0. The molecule has 3 aromatic heterocycles. The van der Waals surface area contributed by atoms with E-state index in [9.17, 15) is 9.59 Å². The Balaban J connectivity index is 1.61.